The number of nitrogens with zero attached hydrogens (tertiary/aromatic N) is 1. The monoisotopic (exact) mass is 280 g/mol. The molecular formula is C14H20N2O2S. The van der Waals surface area contributed by atoms with Crippen molar-refractivity contribution in [3.8, 4) is 6.07 Å². The predicted molar refractivity (Wildman–Crippen MR) is 76.0 cm³/mol. The van der Waals surface area contributed by atoms with Crippen LogP contribution < -0.4 is 4.72 Å². The highest BCUT2D eigenvalue weighted by molar-refractivity contribution is 7.89. The van der Waals surface area contributed by atoms with Crippen molar-refractivity contribution in [2.75, 3.05) is 5.75 Å². The number of hydrogen-bond acceptors (Lipinski definition) is 3. The normalized spacial score (nSPS) is 12.9. The smallest absolute Gasteiger partial charge is 0.212 e. The summed E-state index contributed by atoms with van der Waals surface area (Å²) in [5.74, 6) is -0.00204. The summed E-state index contributed by atoms with van der Waals surface area (Å²) in [5.41, 5.74) is 2.17. The minimum Gasteiger partial charge on any atom is -0.212 e. The maximum absolute atomic E-state index is 11.8. The van der Waals surface area contributed by atoms with Crippen LogP contribution in [-0.4, -0.2) is 14.2 Å². The Labute approximate surface area is 115 Å². The number of nitrogens with one attached hydrogen (secondary N) is 1. The SMILES string of the molecule is CCc1ccc([C@H](C)NS(=O)(=O)CCCC#N)cc1. The molecule has 0 aliphatic rings. The van der Waals surface area contributed by atoms with E-state index in [1.54, 1.807) is 0 Å². The molecule has 0 aliphatic heterocycles. The summed E-state index contributed by atoms with van der Waals surface area (Å²) in [6, 6.07) is 9.60. The zero-order valence-electron chi connectivity index (χ0n) is 11.4. The quantitative estimate of drug-likeness (QED) is 0.780. The number of aryl methyl sites for hydroxylation is 1. The zero-order chi connectivity index (χ0) is 14.3. The standard InChI is InChI=1S/C14H20N2O2S/c1-3-13-6-8-14(9-7-13)12(2)16-19(17,18)11-5-4-10-15/h6-9,12,16H,3-5,11H2,1-2H3/t12-/m0/s1. The highest BCUT2D eigenvalue weighted by Gasteiger charge is 2.15. The van der Waals surface area contributed by atoms with Crippen LogP contribution in [0.4, 0.5) is 0 Å². The summed E-state index contributed by atoms with van der Waals surface area (Å²) in [7, 11) is -3.32. The Morgan fingerprint density at radius 1 is 1.32 bits per heavy atom. The van der Waals surface area contributed by atoms with Gasteiger partial charge in [-0.1, -0.05) is 31.2 Å². The van der Waals surface area contributed by atoms with Gasteiger partial charge in [-0.3, -0.25) is 0 Å². The summed E-state index contributed by atoms with van der Waals surface area (Å²) in [6.45, 7) is 3.90. The van der Waals surface area contributed by atoms with Crippen LogP contribution in [0.3, 0.4) is 0 Å². The van der Waals surface area contributed by atoms with E-state index in [1.807, 2.05) is 37.3 Å². The van der Waals surface area contributed by atoms with Crippen molar-refractivity contribution in [1.82, 2.24) is 4.72 Å². The van der Waals surface area contributed by atoms with Crippen molar-refractivity contribution in [3.05, 3.63) is 35.4 Å². The van der Waals surface area contributed by atoms with Gasteiger partial charge < -0.3 is 0 Å². The Morgan fingerprint density at radius 2 is 1.95 bits per heavy atom. The van der Waals surface area contributed by atoms with Crippen LogP contribution in [0.2, 0.25) is 0 Å². The van der Waals surface area contributed by atoms with E-state index < -0.39 is 10.0 Å². The van der Waals surface area contributed by atoms with E-state index in [0.29, 0.717) is 6.42 Å². The highest BCUT2D eigenvalue weighted by atomic mass is 32.2. The van der Waals surface area contributed by atoms with Crippen LogP contribution in [0.1, 0.15) is 43.9 Å². The fourth-order valence-electron chi connectivity index (χ4n) is 1.78. The van der Waals surface area contributed by atoms with Crippen LogP contribution in [0.15, 0.2) is 24.3 Å². The van der Waals surface area contributed by atoms with Crippen LogP contribution in [0.5, 0.6) is 0 Å². The second-order valence-electron chi connectivity index (χ2n) is 4.52. The average molecular weight is 280 g/mol. The van der Waals surface area contributed by atoms with Gasteiger partial charge in [0.05, 0.1) is 11.8 Å². The number of rotatable bonds is 7. The van der Waals surface area contributed by atoms with Crippen LogP contribution in [0.25, 0.3) is 0 Å². The molecule has 1 aromatic carbocycles. The van der Waals surface area contributed by atoms with Crippen molar-refractivity contribution in [3.63, 3.8) is 0 Å². The average Bonchev–Trinajstić information content (AvgIpc) is 2.38. The van der Waals surface area contributed by atoms with Gasteiger partial charge >= 0.3 is 0 Å². The molecule has 0 spiro atoms. The molecule has 0 amide bonds. The van der Waals surface area contributed by atoms with Crippen molar-refractivity contribution in [1.29, 1.82) is 5.26 Å². The Kier molecular flexibility index (Phi) is 6.00. The third-order valence-corrected chi connectivity index (χ3v) is 4.48. The van der Waals surface area contributed by atoms with Crippen LogP contribution in [0, 0.1) is 11.3 Å². The molecule has 1 atom stereocenters. The molecule has 0 bridgehead atoms. The number of sulfonamides is 1. The second-order valence-corrected chi connectivity index (χ2v) is 6.39. The molecule has 4 nitrogen and oxygen atoms in total. The topological polar surface area (TPSA) is 70.0 Å². The fraction of sp³-hybridized carbons (Fsp3) is 0.500. The first-order valence-corrected chi connectivity index (χ1v) is 8.09. The van der Waals surface area contributed by atoms with Gasteiger partial charge in [-0.15, -0.1) is 0 Å². The minimum atomic E-state index is -3.32. The van der Waals surface area contributed by atoms with E-state index in [4.69, 9.17) is 5.26 Å². The summed E-state index contributed by atoms with van der Waals surface area (Å²) in [5, 5.41) is 8.41. The lowest BCUT2D eigenvalue weighted by Crippen LogP contribution is -2.29. The number of nitriles is 1. The second kappa shape index (κ2) is 7.27. The largest absolute Gasteiger partial charge is 0.212 e. The van der Waals surface area contributed by atoms with E-state index in [9.17, 15) is 8.42 Å². The first kappa shape index (κ1) is 15.7. The summed E-state index contributed by atoms with van der Waals surface area (Å²) >= 11 is 0. The van der Waals surface area contributed by atoms with Crippen molar-refractivity contribution < 1.29 is 8.42 Å². The maximum Gasteiger partial charge on any atom is 0.212 e. The molecule has 5 heteroatoms. The van der Waals surface area contributed by atoms with Gasteiger partial charge in [0.1, 0.15) is 0 Å². The fourth-order valence-corrected chi connectivity index (χ4v) is 3.10. The van der Waals surface area contributed by atoms with Crippen molar-refractivity contribution in [2.24, 2.45) is 0 Å². The molecule has 0 aromatic heterocycles. The molecule has 104 valence electrons. The molecule has 0 saturated heterocycles. The first-order chi connectivity index (χ1) is 8.98. The molecule has 1 aromatic rings. The van der Waals surface area contributed by atoms with Crippen molar-refractivity contribution in [2.45, 2.75) is 39.2 Å². The lowest BCUT2D eigenvalue weighted by Gasteiger charge is -2.14. The van der Waals surface area contributed by atoms with Gasteiger partial charge in [0, 0.05) is 12.5 Å². The van der Waals surface area contributed by atoms with Crippen LogP contribution >= 0.6 is 0 Å². The number of benzene rings is 1. The van der Waals surface area contributed by atoms with Crippen LogP contribution in [-0.2, 0) is 16.4 Å². The summed E-state index contributed by atoms with van der Waals surface area (Å²) in [4.78, 5) is 0. The Bertz CT molecular complexity index is 530. The molecule has 1 N–H and O–H groups in total. The maximum atomic E-state index is 11.8. The molecule has 0 heterocycles. The van der Waals surface area contributed by atoms with Gasteiger partial charge in [-0.2, -0.15) is 5.26 Å². The van der Waals surface area contributed by atoms with Gasteiger partial charge in [-0.05, 0) is 30.9 Å². The molecular weight excluding hydrogens is 260 g/mol. The molecule has 0 unspecified atom stereocenters. The highest BCUT2D eigenvalue weighted by Crippen LogP contribution is 2.15. The van der Waals surface area contributed by atoms with Crippen molar-refractivity contribution >= 4 is 10.0 Å². The van der Waals surface area contributed by atoms with Gasteiger partial charge in [-0.25, -0.2) is 13.1 Å². The molecule has 1 rings (SSSR count). The zero-order valence-corrected chi connectivity index (χ0v) is 12.2. The van der Waals surface area contributed by atoms with E-state index in [-0.39, 0.29) is 18.2 Å². The lowest BCUT2D eigenvalue weighted by molar-refractivity contribution is 0.564. The van der Waals surface area contributed by atoms with E-state index in [2.05, 4.69) is 11.6 Å². The molecule has 0 aliphatic carbocycles. The lowest BCUT2D eigenvalue weighted by atomic mass is 10.1. The third-order valence-electron chi connectivity index (χ3n) is 2.95. The first-order valence-electron chi connectivity index (χ1n) is 6.44. The third kappa shape index (κ3) is 5.41. The number of hydrogen-bond donors (Lipinski definition) is 1. The molecule has 0 fully saturated rings. The predicted octanol–water partition coefficient (Wildman–Crippen LogP) is 2.53. The van der Waals surface area contributed by atoms with E-state index in [1.165, 1.54) is 5.56 Å². The molecule has 0 radical (unpaired) electrons. The Hall–Kier alpha value is -1.38. The minimum absolute atomic E-state index is 0.00204. The molecule has 19 heavy (non-hydrogen) atoms. The van der Waals surface area contributed by atoms with E-state index in [0.717, 1.165) is 12.0 Å². The Balaban J connectivity index is 2.62. The number of unbranched alkanes of at least 4 members (excludes halogenated alkanes) is 1. The van der Waals surface area contributed by atoms with Gasteiger partial charge in [0.2, 0.25) is 10.0 Å². The summed E-state index contributed by atoms with van der Waals surface area (Å²) < 4.78 is 26.2. The van der Waals surface area contributed by atoms with Gasteiger partial charge in [0.25, 0.3) is 0 Å². The molecule has 0 saturated carbocycles. The Morgan fingerprint density at radius 3 is 2.47 bits per heavy atom. The summed E-state index contributed by atoms with van der Waals surface area (Å²) in [6.07, 6.45) is 1.60. The van der Waals surface area contributed by atoms with E-state index >= 15 is 0 Å². The van der Waals surface area contributed by atoms with Gasteiger partial charge in [0.15, 0.2) is 0 Å².